The first-order valence-corrected chi connectivity index (χ1v) is 10.6. The molecular formula is C12H27NO3Si2. The topological polar surface area (TPSA) is 55.4 Å². The quantitative estimate of drug-likeness (QED) is 0.485. The predicted molar refractivity (Wildman–Crippen MR) is 80.1 cm³/mol. The van der Waals surface area contributed by atoms with E-state index >= 15 is 0 Å². The van der Waals surface area contributed by atoms with Gasteiger partial charge in [0, 0.05) is 19.4 Å². The first kappa shape index (κ1) is 17.5. The van der Waals surface area contributed by atoms with Crippen LogP contribution in [0.15, 0.2) is 0 Å². The van der Waals surface area contributed by atoms with Crippen LogP contribution < -0.4 is 5.32 Å². The van der Waals surface area contributed by atoms with E-state index in [9.17, 15) is 9.59 Å². The predicted octanol–water partition coefficient (Wildman–Crippen LogP) is 1.14. The largest absolute Gasteiger partial charge is 0.463 e. The van der Waals surface area contributed by atoms with Crippen molar-refractivity contribution < 1.29 is 13.7 Å². The minimum atomic E-state index is -1.42. The number of Topliss-reactive ketones (excluding diaryl/α,β-unsaturated/α-hetero) is 1. The van der Waals surface area contributed by atoms with Crippen molar-refractivity contribution in [3.8, 4) is 0 Å². The molecule has 0 radical (unpaired) electrons. The maximum atomic E-state index is 11.5. The van der Waals surface area contributed by atoms with E-state index in [0.717, 1.165) is 42.3 Å². The van der Waals surface area contributed by atoms with Crippen LogP contribution in [0.2, 0.25) is 19.1 Å². The van der Waals surface area contributed by atoms with Gasteiger partial charge in [-0.3, -0.25) is 4.79 Å². The lowest BCUT2D eigenvalue weighted by Gasteiger charge is -2.20. The molecule has 6 heteroatoms. The van der Waals surface area contributed by atoms with E-state index in [-0.39, 0.29) is 11.7 Å². The average Bonchev–Trinajstić information content (AvgIpc) is 2.30. The third kappa shape index (κ3) is 10.7. The van der Waals surface area contributed by atoms with Crippen LogP contribution in [0, 0.1) is 0 Å². The molecule has 0 aromatic carbocycles. The normalized spacial score (nSPS) is 11.5. The molecule has 0 aliphatic rings. The van der Waals surface area contributed by atoms with E-state index < -0.39 is 8.32 Å². The highest BCUT2D eigenvalue weighted by atomic mass is 28.4. The van der Waals surface area contributed by atoms with Crippen LogP contribution in [-0.4, -0.2) is 37.0 Å². The van der Waals surface area contributed by atoms with Crippen molar-refractivity contribution in [2.75, 3.05) is 6.54 Å². The molecule has 0 spiro atoms. The molecule has 0 bridgehead atoms. The molecule has 0 rings (SSSR count). The summed E-state index contributed by atoms with van der Waals surface area (Å²) < 4.78 is 5.58. The summed E-state index contributed by atoms with van der Waals surface area (Å²) in [6, 6.07) is 1.10. The number of nitrogens with one attached hydrogen (secondary N) is 1. The van der Waals surface area contributed by atoms with Gasteiger partial charge in [0.2, 0.25) is 5.91 Å². The Morgan fingerprint density at radius 3 is 2.33 bits per heavy atom. The number of hydrogen-bond acceptors (Lipinski definition) is 3. The van der Waals surface area contributed by atoms with E-state index in [1.165, 1.54) is 0 Å². The van der Waals surface area contributed by atoms with Gasteiger partial charge in [-0.15, -0.1) is 0 Å². The van der Waals surface area contributed by atoms with E-state index in [1.807, 2.05) is 0 Å². The minimum Gasteiger partial charge on any atom is -0.463 e. The van der Waals surface area contributed by atoms with E-state index in [2.05, 4.69) is 18.4 Å². The van der Waals surface area contributed by atoms with Gasteiger partial charge in [-0.05, 0) is 45.3 Å². The van der Waals surface area contributed by atoms with Gasteiger partial charge in [-0.1, -0.05) is 0 Å². The van der Waals surface area contributed by atoms with Gasteiger partial charge < -0.3 is 14.2 Å². The van der Waals surface area contributed by atoms with E-state index in [0.29, 0.717) is 12.8 Å². The second-order valence-electron chi connectivity index (χ2n) is 5.33. The van der Waals surface area contributed by atoms with E-state index in [1.54, 1.807) is 6.92 Å². The molecule has 0 saturated heterocycles. The van der Waals surface area contributed by atoms with Crippen LogP contribution >= 0.6 is 0 Å². The van der Waals surface area contributed by atoms with Crippen LogP contribution in [0.4, 0.5) is 0 Å². The molecule has 0 unspecified atom stereocenters. The smallest absolute Gasteiger partial charge is 0.219 e. The van der Waals surface area contributed by atoms with Crippen LogP contribution in [0.3, 0.4) is 0 Å². The maximum absolute atomic E-state index is 11.5. The summed E-state index contributed by atoms with van der Waals surface area (Å²) in [4.78, 5) is 22.2. The van der Waals surface area contributed by atoms with Gasteiger partial charge in [0.15, 0.2) is 8.32 Å². The Hall–Kier alpha value is -0.466. The Bertz CT molecular complexity index is 270. The average molecular weight is 290 g/mol. The molecule has 1 N–H and O–H groups in total. The second-order valence-corrected chi connectivity index (χ2v) is 11.0. The second kappa shape index (κ2) is 9.46. The van der Waals surface area contributed by atoms with E-state index in [4.69, 9.17) is 4.12 Å². The highest BCUT2D eigenvalue weighted by Crippen LogP contribution is 2.11. The molecule has 0 aromatic heterocycles. The fraction of sp³-hybridized carbons (Fsp3) is 0.833. The molecule has 0 heterocycles. The van der Waals surface area contributed by atoms with Crippen molar-refractivity contribution >= 4 is 30.5 Å². The Labute approximate surface area is 115 Å². The fourth-order valence-electron chi connectivity index (χ4n) is 1.59. The van der Waals surface area contributed by atoms with Gasteiger partial charge >= 0.3 is 0 Å². The lowest BCUT2D eigenvalue weighted by molar-refractivity contribution is -0.121. The molecule has 106 valence electrons. The van der Waals surface area contributed by atoms with Crippen molar-refractivity contribution in [2.24, 2.45) is 0 Å². The maximum Gasteiger partial charge on any atom is 0.219 e. The van der Waals surface area contributed by atoms with Gasteiger partial charge in [-0.2, -0.15) is 0 Å². The number of rotatable bonds is 10. The summed E-state index contributed by atoms with van der Waals surface area (Å²) in [5.41, 5.74) is 0. The minimum absolute atomic E-state index is 0.102. The summed E-state index contributed by atoms with van der Waals surface area (Å²) in [5, 5.41) is 2.92. The summed E-state index contributed by atoms with van der Waals surface area (Å²) in [5.74, 6) is 0.301. The van der Waals surface area contributed by atoms with Crippen molar-refractivity contribution in [1.82, 2.24) is 5.32 Å². The van der Waals surface area contributed by atoms with Crippen LogP contribution in [0.5, 0.6) is 0 Å². The Morgan fingerprint density at radius 1 is 1.17 bits per heavy atom. The molecule has 4 nitrogen and oxygen atoms in total. The van der Waals surface area contributed by atoms with Crippen LogP contribution in [-0.2, 0) is 13.7 Å². The fourth-order valence-corrected chi connectivity index (χ4v) is 3.44. The lowest BCUT2D eigenvalue weighted by atomic mass is 10.1. The van der Waals surface area contributed by atoms with Crippen LogP contribution in [0.25, 0.3) is 0 Å². The van der Waals surface area contributed by atoms with Gasteiger partial charge in [0.05, 0.1) is 0 Å². The third-order valence-electron chi connectivity index (χ3n) is 3.01. The molecular weight excluding hydrogens is 262 g/mol. The lowest BCUT2D eigenvalue weighted by Crippen LogP contribution is -2.31. The molecule has 0 saturated carbocycles. The third-order valence-corrected chi connectivity index (χ3v) is 8.99. The number of unbranched alkanes of at least 4 members (excludes halogenated alkanes) is 1. The van der Waals surface area contributed by atoms with Gasteiger partial charge in [0.1, 0.15) is 16.3 Å². The van der Waals surface area contributed by atoms with Crippen molar-refractivity contribution in [2.45, 2.75) is 58.2 Å². The van der Waals surface area contributed by atoms with Crippen molar-refractivity contribution in [1.29, 1.82) is 0 Å². The number of amides is 1. The number of ketones is 1. The molecule has 0 fully saturated rings. The molecule has 0 aromatic rings. The van der Waals surface area contributed by atoms with Crippen LogP contribution in [0.1, 0.15) is 39.0 Å². The summed E-state index contributed by atoms with van der Waals surface area (Å²) in [7, 11) is -0.611. The first-order chi connectivity index (χ1) is 8.37. The van der Waals surface area contributed by atoms with Crippen molar-refractivity contribution in [3.05, 3.63) is 0 Å². The molecule has 0 aliphatic heterocycles. The highest BCUT2D eigenvalue weighted by molar-refractivity contribution is 6.73. The van der Waals surface area contributed by atoms with Gasteiger partial charge in [0.25, 0.3) is 0 Å². The standard InChI is InChI=1S/C12H27NO3Si2/c1-11(14)7-4-5-8-12(15)13-9-6-10-18(2,3)16-17/h4-10H2,1-3,17H3,(H,13,15). The summed E-state index contributed by atoms with van der Waals surface area (Å²) >= 11 is 0. The van der Waals surface area contributed by atoms with Crippen molar-refractivity contribution in [3.63, 3.8) is 0 Å². The summed E-state index contributed by atoms with van der Waals surface area (Å²) in [6.45, 7) is 6.75. The summed E-state index contributed by atoms with van der Waals surface area (Å²) in [6.07, 6.45) is 3.74. The molecule has 0 atom stereocenters. The highest BCUT2D eigenvalue weighted by Gasteiger charge is 2.18. The monoisotopic (exact) mass is 289 g/mol. The molecule has 1 amide bonds. The zero-order valence-electron chi connectivity index (χ0n) is 12.2. The zero-order valence-corrected chi connectivity index (χ0v) is 15.2. The van der Waals surface area contributed by atoms with Gasteiger partial charge in [-0.25, -0.2) is 0 Å². The Morgan fingerprint density at radius 2 is 1.78 bits per heavy atom. The number of carbonyl (C=O) groups is 2. The SMILES string of the molecule is CC(=O)CCCCC(=O)NCCC[Si](C)(C)O[SiH3]. The Balaban J connectivity index is 3.45. The molecule has 0 aliphatic carbocycles. The Kier molecular flexibility index (Phi) is 9.22. The zero-order chi connectivity index (χ0) is 14.0. The number of carbonyl (C=O) groups excluding carboxylic acids is 2. The molecule has 18 heavy (non-hydrogen) atoms. The first-order valence-electron chi connectivity index (χ1n) is 6.68. The number of hydrogen-bond donors (Lipinski definition) is 1.